The van der Waals surface area contributed by atoms with Crippen LogP contribution in [0.5, 0.6) is 0 Å². The molecule has 74 valence electrons. The number of Topliss-reactive ketones (excluding diaryl/α,β-unsaturated/α-hetero) is 1. The van der Waals surface area contributed by atoms with Crippen LogP contribution in [0.1, 0.15) is 52.9 Å². The fourth-order valence-electron chi connectivity index (χ4n) is 3.64. The van der Waals surface area contributed by atoms with Crippen LogP contribution in [0.3, 0.4) is 0 Å². The summed E-state index contributed by atoms with van der Waals surface area (Å²) in [6, 6.07) is 0. The van der Waals surface area contributed by atoms with Gasteiger partial charge in [0.25, 0.3) is 0 Å². The Morgan fingerprint density at radius 2 is 2.00 bits per heavy atom. The van der Waals surface area contributed by atoms with Crippen LogP contribution in [0.15, 0.2) is 0 Å². The van der Waals surface area contributed by atoms with Gasteiger partial charge in [0, 0.05) is 12.8 Å². The Bertz CT molecular complexity index is 242. The number of rotatable bonds is 0. The summed E-state index contributed by atoms with van der Waals surface area (Å²) in [6.45, 7) is 7.08. The van der Waals surface area contributed by atoms with Crippen LogP contribution in [0.4, 0.5) is 0 Å². The van der Waals surface area contributed by atoms with Gasteiger partial charge in [-0.05, 0) is 36.0 Å². The summed E-state index contributed by atoms with van der Waals surface area (Å²) >= 11 is 0. The molecule has 0 aliphatic heterocycles. The van der Waals surface area contributed by atoms with E-state index >= 15 is 0 Å². The number of carbonyl (C=O) groups is 1. The van der Waals surface area contributed by atoms with Crippen molar-refractivity contribution in [1.82, 2.24) is 0 Å². The van der Waals surface area contributed by atoms with Gasteiger partial charge >= 0.3 is 0 Å². The Hall–Kier alpha value is -0.330. The van der Waals surface area contributed by atoms with Crippen LogP contribution in [-0.2, 0) is 4.79 Å². The Kier molecular flexibility index (Phi) is 1.84. The molecule has 0 aromatic rings. The molecule has 2 fully saturated rings. The van der Waals surface area contributed by atoms with Crippen molar-refractivity contribution in [3.63, 3.8) is 0 Å². The molecule has 1 nitrogen and oxygen atoms in total. The SMILES string of the molecule is CC1(C)CC2CC(=O)CCC2(C)C1. The van der Waals surface area contributed by atoms with Crippen LogP contribution in [0.25, 0.3) is 0 Å². The van der Waals surface area contributed by atoms with E-state index in [2.05, 4.69) is 20.8 Å². The van der Waals surface area contributed by atoms with Crippen molar-refractivity contribution in [3.8, 4) is 0 Å². The largest absolute Gasteiger partial charge is 0.300 e. The first-order chi connectivity index (χ1) is 5.91. The summed E-state index contributed by atoms with van der Waals surface area (Å²) in [5, 5.41) is 0. The standard InChI is InChI=1S/C12H20O/c1-11(2)7-9-6-10(13)4-5-12(9,3)8-11/h9H,4-8H2,1-3H3. The lowest BCUT2D eigenvalue weighted by molar-refractivity contribution is -0.124. The number of fused-ring (bicyclic) bond motifs is 1. The Morgan fingerprint density at radius 1 is 1.31 bits per heavy atom. The van der Waals surface area contributed by atoms with E-state index in [9.17, 15) is 4.79 Å². The van der Waals surface area contributed by atoms with E-state index in [-0.39, 0.29) is 0 Å². The Morgan fingerprint density at radius 3 is 2.69 bits per heavy atom. The smallest absolute Gasteiger partial charge is 0.133 e. The number of hydrogen-bond acceptors (Lipinski definition) is 1. The number of carbonyl (C=O) groups excluding carboxylic acids is 1. The first-order valence-corrected chi connectivity index (χ1v) is 5.43. The summed E-state index contributed by atoms with van der Waals surface area (Å²) in [7, 11) is 0. The van der Waals surface area contributed by atoms with Crippen LogP contribution in [-0.4, -0.2) is 5.78 Å². The molecule has 2 unspecified atom stereocenters. The molecule has 0 amide bonds. The molecule has 0 bridgehead atoms. The first kappa shape index (κ1) is 9.23. The van der Waals surface area contributed by atoms with Crippen LogP contribution < -0.4 is 0 Å². The molecule has 0 radical (unpaired) electrons. The molecule has 0 spiro atoms. The van der Waals surface area contributed by atoms with E-state index in [1.807, 2.05) is 0 Å². The molecular formula is C12H20O. The summed E-state index contributed by atoms with van der Waals surface area (Å²) < 4.78 is 0. The summed E-state index contributed by atoms with van der Waals surface area (Å²) in [5.41, 5.74) is 0.960. The van der Waals surface area contributed by atoms with Crippen molar-refractivity contribution in [2.45, 2.75) is 52.9 Å². The Labute approximate surface area is 80.9 Å². The van der Waals surface area contributed by atoms with E-state index in [4.69, 9.17) is 0 Å². The highest BCUT2D eigenvalue weighted by Gasteiger charge is 2.49. The van der Waals surface area contributed by atoms with Gasteiger partial charge in [-0.2, -0.15) is 0 Å². The molecule has 0 aromatic heterocycles. The van der Waals surface area contributed by atoms with Crippen LogP contribution >= 0.6 is 0 Å². The zero-order chi connectivity index (χ0) is 9.69. The van der Waals surface area contributed by atoms with Crippen molar-refractivity contribution < 1.29 is 4.79 Å². The molecule has 0 aromatic carbocycles. The Balaban J connectivity index is 2.19. The second kappa shape index (κ2) is 2.59. The monoisotopic (exact) mass is 180 g/mol. The molecule has 2 atom stereocenters. The lowest BCUT2D eigenvalue weighted by atomic mass is 9.69. The van der Waals surface area contributed by atoms with Crippen molar-refractivity contribution in [2.24, 2.45) is 16.7 Å². The first-order valence-electron chi connectivity index (χ1n) is 5.43. The maximum atomic E-state index is 11.4. The zero-order valence-electron chi connectivity index (χ0n) is 9.02. The maximum absolute atomic E-state index is 11.4. The van der Waals surface area contributed by atoms with E-state index < -0.39 is 0 Å². The van der Waals surface area contributed by atoms with Gasteiger partial charge in [0.15, 0.2) is 0 Å². The minimum atomic E-state index is 0.476. The fourth-order valence-corrected chi connectivity index (χ4v) is 3.64. The summed E-state index contributed by atoms with van der Waals surface area (Å²) in [4.78, 5) is 11.4. The normalized spacial score (nSPS) is 43.3. The van der Waals surface area contributed by atoms with Gasteiger partial charge in [0.1, 0.15) is 5.78 Å². The average molecular weight is 180 g/mol. The van der Waals surface area contributed by atoms with Crippen molar-refractivity contribution in [2.75, 3.05) is 0 Å². The van der Waals surface area contributed by atoms with Gasteiger partial charge in [0.2, 0.25) is 0 Å². The minimum Gasteiger partial charge on any atom is -0.300 e. The van der Waals surface area contributed by atoms with Gasteiger partial charge in [-0.15, -0.1) is 0 Å². The topological polar surface area (TPSA) is 17.1 Å². The molecule has 0 saturated heterocycles. The average Bonchev–Trinajstić information content (AvgIpc) is 2.18. The van der Waals surface area contributed by atoms with Crippen molar-refractivity contribution >= 4 is 5.78 Å². The van der Waals surface area contributed by atoms with Crippen LogP contribution in [0, 0.1) is 16.7 Å². The molecule has 2 aliphatic carbocycles. The predicted molar refractivity (Wildman–Crippen MR) is 53.5 cm³/mol. The van der Waals surface area contributed by atoms with E-state index in [0.29, 0.717) is 22.5 Å². The molecule has 1 heteroatoms. The fraction of sp³-hybridized carbons (Fsp3) is 0.917. The van der Waals surface area contributed by atoms with Crippen molar-refractivity contribution in [3.05, 3.63) is 0 Å². The van der Waals surface area contributed by atoms with Gasteiger partial charge in [-0.1, -0.05) is 20.8 Å². The highest BCUT2D eigenvalue weighted by atomic mass is 16.1. The second-order valence-electron chi connectivity index (χ2n) is 6.14. The molecule has 0 heterocycles. The predicted octanol–water partition coefficient (Wildman–Crippen LogP) is 3.18. The van der Waals surface area contributed by atoms with Gasteiger partial charge in [0.05, 0.1) is 0 Å². The molecule has 0 N–H and O–H groups in total. The van der Waals surface area contributed by atoms with Gasteiger partial charge in [-0.3, -0.25) is 4.79 Å². The molecule has 13 heavy (non-hydrogen) atoms. The summed E-state index contributed by atoms with van der Waals surface area (Å²) in [6.07, 6.45) is 5.41. The molecule has 2 rings (SSSR count). The third-order valence-corrected chi connectivity index (χ3v) is 4.12. The third-order valence-electron chi connectivity index (χ3n) is 4.12. The maximum Gasteiger partial charge on any atom is 0.133 e. The van der Waals surface area contributed by atoms with Crippen molar-refractivity contribution in [1.29, 1.82) is 0 Å². The molecule has 2 saturated carbocycles. The quantitative estimate of drug-likeness (QED) is 0.559. The number of hydrogen-bond donors (Lipinski definition) is 0. The highest BCUT2D eigenvalue weighted by molar-refractivity contribution is 5.79. The summed E-state index contributed by atoms with van der Waals surface area (Å²) in [5.74, 6) is 1.18. The van der Waals surface area contributed by atoms with Gasteiger partial charge < -0.3 is 0 Å². The van der Waals surface area contributed by atoms with E-state index in [1.54, 1.807) is 0 Å². The number of ketones is 1. The highest BCUT2D eigenvalue weighted by Crippen LogP contribution is 2.58. The second-order valence-corrected chi connectivity index (χ2v) is 6.14. The molecule has 2 aliphatic rings. The van der Waals surface area contributed by atoms with Gasteiger partial charge in [-0.25, -0.2) is 0 Å². The lowest BCUT2D eigenvalue weighted by Gasteiger charge is -2.35. The third kappa shape index (κ3) is 1.53. The molecular weight excluding hydrogens is 160 g/mol. The van der Waals surface area contributed by atoms with E-state index in [1.165, 1.54) is 12.8 Å². The lowest BCUT2D eigenvalue weighted by Crippen LogP contribution is -2.29. The van der Waals surface area contributed by atoms with E-state index in [0.717, 1.165) is 19.3 Å². The minimum absolute atomic E-state index is 0.476. The zero-order valence-corrected chi connectivity index (χ0v) is 9.02. The van der Waals surface area contributed by atoms with Crippen LogP contribution in [0.2, 0.25) is 0 Å².